The minimum absolute atomic E-state index is 0.0238. The van der Waals surface area contributed by atoms with Crippen molar-refractivity contribution in [3.63, 3.8) is 0 Å². The van der Waals surface area contributed by atoms with Gasteiger partial charge < -0.3 is 9.47 Å². The standard InChI is InChI=1S/C22H27N3O6/c1-4-7-13-31-25(17(26)14-18(27)29-5-2)21-19(22(28)30-6-3)20(23-15-24-21)16-11-9-8-10-12-16/h8-12,15H,4-7,13-14H2,1-3H3. The molecule has 2 rings (SSSR count). The lowest BCUT2D eigenvalue weighted by Crippen LogP contribution is -2.35. The van der Waals surface area contributed by atoms with Crippen molar-refractivity contribution in [1.82, 2.24) is 9.97 Å². The van der Waals surface area contributed by atoms with Gasteiger partial charge in [0.25, 0.3) is 5.91 Å². The molecule has 1 heterocycles. The van der Waals surface area contributed by atoms with Crippen LogP contribution in [0.5, 0.6) is 0 Å². The summed E-state index contributed by atoms with van der Waals surface area (Å²) in [5.74, 6) is -2.20. The van der Waals surface area contributed by atoms with E-state index < -0.39 is 24.3 Å². The largest absolute Gasteiger partial charge is 0.466 e. The fourth-order valence-corrected chi connectivity index (χ4v) is 2.70. The molecule has 0 N–H and O–H groups in total. The summed E-state index contributed by atoms with van der Waals surface area (Å²) >= 11 is 0. The fourth-order valence-electron chi connectivity index (χ4n) is 2.70. The maximum Gasteiger partial charge on any atom is 0.344 e. The first-order valence-corrected chi connectivity index (χ1v) is 10.2. The molecule has 2 aromatic rings. The molecule has 31 heavy (non-hydrogen) atoms. The molecule has 0 unspecified atom stereocenters. The van der Waals surface area contributed by atoms with Crippen LogP contribution in [0.2, 0.25) is 0 Å². The van der Waals surface area contributed by atoms with Crippen LogP contribution in [-0.4, -0.2) is 47.6 Å². The molecule has 9 heteroatoms. The first-order chi connectivity index (χ1) is 15.0. The molecule has 166 valence electrons. The van der Waals surface area contributed by atoms with Gasteiger partial charge in [-0.15, -0.1) is 0 Å². The van der Waals surface area contributed by atoms with Gasteiger partial charge in [0.2, 0.25) is 0 Å². The molecule has 0 aliphatic carbocycles. The van der Waals surface area contributed by atoms with Gasteiger partial charge in [-0.1, -0.05) is 43.7 Å². The van der Waals surface area contributed by atoms with Gasteiger partial charge in [0, 0.05) is 5.56 Å². The number of amides is 1. The van der Waals surface area contributed by atoms with Gasteiger partial charge in [-0.3, -0.25) is 14.4 Å². The topological polar surface area (TPSA) is 108 Å². The molecule has 0 fully saturated rings. The zero-order chi connectivity index (χ0) is 22.6. The van der Waals surface area contributed by atoms with Gasteiger partial charge in [0.15, 0.2) is 5.82 Å². The molecule has 0 bridgehead atoms. The van der Waals surface area contributed by atoms with Crippen molar-refractivity contribution >= 4 is 23.7 Å². The summed E-state index contributed by atoms with van der Waals surface area (Å²) in [5.41, 5.74) is 0.905. The lowest BCUT2D eigenvalue weighted by atomic mass is 10.1. The van der Waals surface area contributed by atoms with Crippen LogP contribution in [0.4, 0.5) is 5.82 Å². The quantitative estimate of drug-likeness (QED) is 0.232. The number of hydrogen-bond donors (Lipinski definition) is 0. The van der Waals surface area contributed by atoms with Crippen molar-refractivity contribution in [2.24, 2.45) is 0 Å². The third kappa shape index (κ3) is 6.58. The van der Waals surface area contributed by atoms with Crippen LogP contribution >= 0.6 is 0 Å². The SMILES string of the molecule is CCCCON(C(=O)CC(=O)OCC)c1ncnc(-c2ccccc2)c1C(=O)OCC. The van der Waals surface area contributed by atoms with E-state index in [4.69, 9.17) is 14.3 Å². The molecule has 9 nitrogen and oxygen atoms in total. The molecule has 0 saturated carbocycles. The molecule has 1 aromatic heterocycles. The first-order valence-electron chi connectivity index (χ1n) is 10.2. The summed E-state index contributed by atoms with van der Waals surface area (Å²) in [5, 5.41) is 0.868. The molecule has 0 saturated heterocycles. The van der Waals surface area contributed by atoms with Crippen molar-refractivity contribution in [2.75, 3.05) is 24.9 Å². The maximum atomic E-state index is 12.9. The molecule has 0 radical (unpaired) electrons. The van der Waals surface area contributed by atoms with E-state index in [1.807, 2.05) is 13.0 Å². The van der Waals surface area contributed by atoms with Crippen LogP contribution in [0, 0.1) is 0 Å². The van der Waals surface area contributed by atoms with Gasteiger partial charge in [-0.2, -0.15) is 5.06 Å². The highest BCUT2D eigenvalue weighted by Crippen LogP contribution is 2.29. The van der Waals surface area contributed by atoms with Crippen molar-refractivity contribution in [3.05, 3.63) is 42.2 Å². The number of rotatable bonds is 11. The molecule has 1 aromatic carbocycles. The van der Waals surface area contributed by atoms with Crippen molar-refractivity contribution in [1.29, 1.82) is 0 Å². The van der Waals surface area contributed by atoms with E-state index in [1.165, 1.54) is 6.33 Å². The highest BCUT2D eigenvalue weighted by Gasteiger charge is 2.30. The number of benzene rings is 1. The number of carbonyl (C=O) groups is 3. The lowest BCUT2D eigenvalue weighted by molar-refractivity contribution is -0.147. The van der Waals surface area contributed by atoms with E-state index in [9.17, 15) is 14.4 Å². The average Bonchev–Trinajstić information content (AvgIpc) is 2.77. The van der Waals surface area contributed by atoms with E-state index in [-0.39, 0.29) is 36.9 Å². The van der Waals surface area contributed by atoms with E-state index in [0.717, 1.165) is 11.5 Å². The number of anilines is 1. The van der Waals surface area contributed by atoms with Crippen molar-refractivity contribution in [3.8, 4) is 11.3 Å². The van der Waals surface area contributed by atoms with E-state index in [0.29, 0.717) is 12.0 Å². The third-order valence-electron chi connectivity index (χ3n) is 4.09. The summed E-state index contributed by atoms with van der Waals surface area (Å²) in [6.07, 6.45) is 2.15. The first kappa shape index (κ1) is 23.9. The Kier molecular flexibility index (Phi) is 9.57. The number of nitrogens with zero attached hydrogens (tertiary/aromatic N) is 3. The Morgan fingerprint density at radius 1 is 0.968 bits per heavy atom. The maximum absolute atomic E-state index is 12.9. The van der Waals surface area contributed by atoms with E-state index in [2.05, 4.69) is 9.97 Å². The third-order valence-corrected chi connectivity index (χ3v) is 4.09. The normalized spacial score (nSPS) is 10.4. The van der Waals surface area contributed by atoms with Gasteiger partial charge in [-0.05, 0) is 20.3 Å². The van der Waals surface area contributed by atoms with Gasteiger partial charge in [0.05, 0.1) is 25.5 Å². The molecular weight excluding hydrogens is 402 g/mol. The van der Waals surface area contributed by atoms with Crippen molar-refractivity contribution < 1.29 is 28.7 Å². The highest BCUT2D eigenvalue weighted by molar-refractivity contribution is 6.07. The summed E-state index contributed by atoms with van der Waals surface area (Å²) in [7, 11) is 0. The second-order valence-electron chi connectivity index (χ2n) is 6.36. The number of ether oxygens (including phenoxy) is 2. The van der Waals surface area contributed by atoms with Gasteiger partial charge in [0.1, 0.15) is 18.3 Å². The Labute approximate surface area is 181 Å². The zero-order valence-corrected chi connectivity index (χ0v) is 18.0. The monoisotopic (exact) mass is 429 g/mol. The minimum atomic E-state index is -0.710. The number of esters is 2. The molecule has 0 aliphatic rings. The Morgan fingerprint density at radius 3 is 2.32 bits per heavy atom. The predicted molar refractivity (Wildman–Crippen MR) is 113 cm³/mol. The van der Waals surface area contributed by atoms with E-state index >= 15 is 0 Å². The number of aromatic nitrogens is 2. The van der Waals surface area contributed by atoms with Crippen LogP contribution in [0.15, 0.2) is 36.7 Å². The van der Waals surface area contributed by atoms with Crippen molar-refractivity contribution in [2.45, 2.75) is 40.0 Å². The fraction of sp³-hybridized carbons (Fsp3) is 0.409. The van der Waals surface area contributed by atoms with Crippen LogP contribution < -0.4 is 5.06 Å². The molecular formula is C22H27N3O6. The smallest absolute Gasteiger partial charge is 0.344 e. The molecule has 0 atom stereocenters. The van der Waals surface area contributed by atoms with Crippen LogP contribution in [0.25, 0.3) is 11.3 Å². The number of carbonyl (C=O) groups excluding carboxylic acids is 3. The second kappa shape index (κ2) is 12.4. The number of unbranched alkanes of at least 4 members (excludes halogenated alkanes) is 1. The van der Waals surface area contributed by atoms with Crippen LogP contribution in [0.3, 0.4) is 0 Å². The Hall–Kier alpha value is -3.33. The second-order valence-corrected chi connectivity index (χ2v) is 6.36. The molecule has 0 aliphatic heterocycles. The Balaban J connectivity index is 2.55. The molecule has 1 amide bonds. The summed E-state index contributed by atoms with van der Waals surface area (Å²) in [4.78, 5) is 51.7. The van der Waals surface area contributed by atoms with Crippen LogP contribution in [-0.2, 0) is 23.9 Å². The number of hydroxylamine groups is 1. The Bertz CT molecular complexity index is 888. The highest BCUT2D eigenvalue weighted by atomic mass is 16.7. The van der Waals surface area contributed by atoms with Gasteiger partial charge >= 0.3 is 11.9 Å². The van der Waals surface area contributed by atoms with Crippen LogP contribution in [0.1, 0.15) is 50.4 Å². The summed E-state index contributed by atoms with van der Waals surface area (Å²) in [6, 6.07) is 8.98. The zero-order valence-electron chi connectivity index (χ0n) is 18.0. The van der Waals surface area contributed by atoms with E-state index in [1.54, 1.807) is 38.1 Å². The van der Waals surface area contributed by atoms with Gasteiger partial charge in [-0.25, -0.2) is 14.8 Å². The predicted octanol–water partition coefficient (Wildman–Crippen LogP) is 3.34. The Morgan fingerprint density at radius 2 is 1.68 bits per heavy atom. The summed E-state index contributed by atoms with van der Waals surface area (Å²) < 4.78 is 10.1. The number of hydrogen-bond acceptors (Lipinski definition) is 8. The lowest BCUT2D eigenvalue weighted by Gasteiger charge is -2.23. The average molecular weight is 429 g/mol. The summed E-state index contributed by atoms with van der Waals surface area (Å²) in [6.45, 7) is 5.74. The molecule has 0 spiro atoms. The minimum Gasteiger partial charge on any atom is -0.466 e.